The van der Waals surface area contributed by atoms with Crippen molar-refractivity contribution < 1.29 is 47.7 Å². The molecule has 13 heteroatoms. The second-order valence-electron chi connectivity index (χ2n) is 9.09. The Hall–Kier alpha value is -4.78. The predicted octanol–water partition coefficient (Wildman–Crippen LogP) is 1.58. The van der Waals surface area contributed by atoms with Crippen LogP contribution in [0.3, 0.4) is 0 Å². The van der Waals surface area contributed by atoms with Gasteiger partial charge in [-0.05, 0) is 12.1 Å². The zero-order chi connectivity index (χ0) is 29.7. The molecule has 4 rings (SSSR count). The van der Waals surface area contributed by atoms with E-state index < -0.39 is 66.7 Å². The molecule has 216 valence electrons. The average Bonchev–Trinajstić information content (AvgIpc) is 2.92. The van der Waals surface area contributed by atoms with Gasteiger partial charge in [0.15, 0.2) is 18.0 Å². The number of carbonyl (C=O) groups is 4. The molecule has 1 fully saturated rings. The first-order chi connectivity index (χ1) is 19.5. The van der Waals surface area contributed by atoms with E-state index in [4.69, 9.17) is 28.5 Å². The number of aromatic nitrogens is 2. The van der Waals surface area contributed by atoms with E-state index in [1.165, 1.54) is 0 Å². The van der Waals surface area contributed by atoms with Crippen LogP contribution in [0.1, 0.15) is 27.7 Å². The lowest BCUT2D eigenvalue weighted by atomic mass is 9.98. The van der Waals surface area contributed by atoms with Crippen molar-refractivity contribution in [3.63, 3.8) is 0 Å². The lowest BCUT2D eigenvalue weighted by Crippen LogP contribution is -2.64. The van der Waals surface area contributed by atoms with Crippen molar-refractivity contribution in [3.05, 3.63) is 65.0 Å². The van der Waals surface area contributed by atoms with Crippen LogP contribution in [0.2, 0.25) is 0 Å². The molecule has 5 atom stereocenters. The fourth-order valence-corrected chi connectivity index (χ4v) is 4.36. The maximum absolute atomic E-state index is 13.7. The van der Waals surface area contributed by atoms with E-state index >= 15 is 0 Å². The first kappa shape index (κ1) is 29.2. The Balaban J connectivity index is 1.86. The van der Waals surface area contributed by atoms with E-state index in [1.807, 2.05) is 0 Å². The number of ether oxygens (including phenoxy) is 5. The van der Waals surface area contributed by atoms with Gasteiger partial charge < -0.3 is 28.5 Å². The van der Waals surface area contributed by atoms with Crippen molar-refractivity contribution in [1.29, 1.82) is 0 Å². The number of esters is 4. The van der Waals surface area contributed by atoms with Crippen molar-refractivity contribution in [3.8, 4) is 11.4 Å². The first-order valence-electron chi connectivity index (χ1n) is 12.6. The number of hydrogen-bond donors (Lipinski definition) is 0. The van der Waals surface area contributed by atoms with Crippen molar-refractivity contribution in [1.82, 2.24) is 9.71 Å². The number of nitrogens with zero attached hydrogens (tertiary/aromatic N) is 2. The van der Waals surface area contributed by atoms with E-state index in [9.17, 15) is 24.0 Å². The second kappa shape index (κ2) is 12.6. The molecule has 2 heterocycles. The van der Waals surface area contributed by atoms with Gasteiger partial charge in [0.25, 0.3) is 11.8 Å². The van der Waals surface area contributed by atoms with Gasteiger partial charge >= 0.3 is 23.9 Å². The van der Waals surface area contributed by atoms with Crippen LogP contribution in [0.5, 0.6) is 0 Å². The van der Waals surface area contributed by atoms with Crippen LogP contribution in [0.25, 0.3) is 22.3 Å². The number of fused-ring (bicyclic) bond motifs is 1. The van der Waals surface area contributed by atoms with E-state index in [-0.39, 0.29) is 11.2 Å². The summed E-state index contributed by atoms with van der Waals surface area (Å²) >= 11 is 0. The summed E-state index contributed by atoms with van der Waals surface area (Å²) in [6, 6.07) is 15.3. The average molecular weight is 569 g/mol. The highest BCUT2D eigenvalue weighted by Crippen LogP contribution is 2.30. The molecule has 0 spiro atoms. The van der Waals surface area contributed by atoms with Gasteiger partial charge in [0, 0.05) is 33.3 Å². The van der Waals surface area contributed by atoms with Crippen molar-refractivity contribution in [2.75, 3.05) is 6.61 Å². The fraction of sp³-hybridized carbons (Fsp3) is 0.357. The molecule has 1 saturated heterocycles. The molecule has 2 aromatic carbocycles. The normalized spacial score (nSPS) is 21.9. The Labute approximate surface area is 233 Å². The van der Waals surface area contributed by atoms with Crippen LogP contribution in [0, 0.1) is 0 Å². The van der Waals surface area contributed by atoms with Crippen LogP contribution in [-0.4, -0.2) is 70.9 Å². The van der Waals surface area contributed by atoms with Gasteiger partial charge in [0.05, 0.1) is 10.9 Å². The van der Waals surface area contributed by atoms with E-state index in [2.05, 4.69) is 4.98 Å². The summed E-state index contributed by atoms with van der Waals surface area (Å²) in [5.41, 5.74) is 0.307. The molecule has 1 aliphatic rings. The first-order valence-corrected chi connectivity index (χ1v) is 12.6. The third-order valence-electron chi connectivity index (χ3n) is 5.93. The highest BCUT2D eigenvalue weighted by molar-refractivity contribution is 5.79. The Bertz CT molecular complexity index is 1500. The van der Waals surface area contributed by atoms with Gasteiger partial charge in [-0.25, -0.2) is 4.98 Å². The van der Waals surface area contributed by atoms with E-state index in [0.29, 0.717) is 11.1 Å². The minimum atomic E-state index is -1.63. The van der Waals surface area contributed by atoms with Gasteiger partial charge in [-0.15, -0.1) is 4.73 Å². The van der Waals surface area contributed by atoms with Gasteiger partial charge in [-0.1, -0.05) is 42.5 Å². The molecular weight excluding hydrogens is 540 g/mol. The zero-order valence-electron chi connectivity index (χ0n) is 22.7. The summed E-state index contributed by atoms with van der Waals surface area (Å²) in [5, 5.41) is 0.220. The lowest BCUT2D eigenvalue weighted by molar-refractivity contribution is -0.307. The van der Waals surface area contributed by atoms with Crippen molar-refractivity contribution in [2.24, 2.45) is 0 Å². The molecule has 1 aliphatic heterocycles. The van der Waals surface area contributed by atoms with Crippen LogP contribution in [0.4, 0.5) is 0 Å². The molecule has 0 amide bonds. The van der Waals surface area contributed by atoms with Gasteiger partial charge in [-0.2, -0.15) is 0 Å². The Morgan fingerprint density at radius 2 is 1.37 bits per heavy atom. The number of para-hydroxylation sites is 1. The van der Waals surface area contributed by atoms with E-state index in [1.54, 1.807) is 54.6 Å². The molecular formula is C28H28N2O11. The highest BCUT2D eigenvalue weighted by atomic mass is 16.8. The quantitative estimate of drug-likeness (QED) is 0.286. The minimum Gasteiger partial charge on any atom is -0.463 e. The van der Waals surface area contributed by atoms with Crippen LogP contribution >= 0.6 is 0 Å². The lowest BCUT2D eigenvalue weighted by Gasteiger charge is -2.43. The molecule has 0 saturated carbocycles. The molecule has 1 aromatic heterocycles. The molecule has 0 N–H and O–H groups in total. The summed E-state index contributed by atoms with van der Waals surface area (Å²) in [4.78, 5) is 72.2. The van der Waals surface area contributed by atoms with Crippen LogP contribution in [-0.2, 0) is 42.9 Å². The van der Waals surface area contributed by atoms with Gasteiger partial charge in [0.1, 0.15) is 12.7 Å². The third kappa shape index (κ3) is 6.87. The monoisotopic (exact) mass is 568 g/mol. The number of hydrogen-bond acceptors (Lipinski definition) is 12. The molecule has 0 aliphatic carbocycles. The van der Waals surface area contributed by atoms with E-state index in [0.717, 1.165) is 32.4 Å². The maximum Gasteiger partial charge on any atom is 0.303 e. The Morgan fingerprint density at radius 1 is 0.780 bits per heavy atom. The van der Waals surface area contributed by atoms with Crippen molar-refractivity contribution >= 4 is 34.8 Å². The Morgan fingerprint density at radius 3 is 2.00 bits per heavy atom. The topological polar surface area (TPSA) is 159 Å². The number of benzene rings is 2. The minimum absolute atomic E-state index is 0.0992. The fourth-order valence-electron chi connectivity index (χ4n) is 4.36. The highest BCUT2D eigenvalue weighted by Gasteiger charge is 2.54. The Kier molecular flexibility index (Phi) is 8.97. The van der Waals surface area contributed by atoms with Gasteiger partial charge in [-0.3, -0.25) is 24.0 Å². The largest absolute Gasteiger partial charge is 0.463 e. The van der Waals surface area contributed by atoms with Crippen LogP contribution in [0.15, 0.2) is 59.4 Å². The smallest absolute Gasteiger partial charge is 0.303 e. The molecule has 41 heavy (non-hydrogen) atoms. The summed E-state index contributed by atoms with van der Waals surface area (Å²) in [6.07, 6.45) is -7.26. The third-order valence-corrected chi connectivity index (χ3v) is 5.93. The SMILES string of the molecule is CC(=O)OC[C@H]1O[C@H](On2c(-c3ccccc3)nc3ccccc3c2=O)[C@H](OC(C)=O)[C@@H](OC(C)=O)[C@@H]1OC(C)=O. The molecule has 0 unspecified atom stereocenters. The number of rotatable bonds is 8. The zero-order valence-corrected chi connectivity index (χ0v) is 22.7. The molecule has 13 nitrogen and oxygen atoms in total. The predicted molar refractivity (Wildman–Crippen MR) is 140 cm³/mol. The number of carbonyl (C=O) groups excluding carboxylic acids is 4. The second-order valence-corrected chi connectivity index (χ2v) is 9.09. The summed E-state index contributed by atoms with van der Waals surface area (Å²) in [5.74, 6) is -2.95. The summed E-state index contributed by atoms with van der Waals surface area (Å²) in [6.45, 7) is 4.03. The summed E-state index contributed by atoms with van der Waals surface area (Å²) in [7, 11) is 0. The van der Waals surface area contributed by atoms with Crippen LogP contribution < -0.4 is 10.4 Å². The van der Waals surface area contributed by atoms with Crippen molar-refractivity contribution in [2.45, 2.75) is 58.4 Å². The standard InChI is InChI=1S/C28H28N2O11/c1-15(31)36-14-22-23(37-16(2)32)24(38-17(3)33)25(39-18(4)34)28(40-22)41-30-26(19-10-6-5-7-11-19)29-21-13-9-8-12-20(21)27(30)35/h5-13,22-25,28H,14H2,1-4H3/t22-,23-,24+,25-,28-/m1/s1. The van der Waals surface area contributed by atoms with Gasteiger partial charge in [0.2, 0.25) is 6.10 Å². The molecule has 0 radical (unpaired) electrons. The molecule has 3 aromatic rings. The summed E-state index contributed by atoms with van der Waals surface area (Å²) < 4.78 is 28.3. The maximum atomic E-state index is 13.7. The molecule has 0 bridgehead atoms.